The Morgan fingerprint density at radius 1 is 1.45 bits per heavy atom. The maximum Gasteiger partial charge on any atom is 0.307 e. The fourth-order valence-corrected chi connectivity index (χ4v) is 2.92. The van der Waals surface area contributed by atoms with Crippen molar-refractivity contribution in [1.82, 2.24) is 0 Å². The molecule has 0 saturated carbocycles. The van der Waals surface area contributed by atoms with E-state index in [1.807, 2.05) is 0 Å². The van der Waals surface area contributed by atoms with E-state index in [9.17, 15) is 21.9 Å². The zero-order valence-corrected chi connectivity index (χ0v) is 12.8. The first-order valence-electron chi connectivity index (χ1n) is 6.42. The number of hydrogen-bond donors (Lipinski definition) is 1. The SMILES string of the molecule is COc1ccc(NC(C)=O)c(N2CC(S(=O)(=O)F)CC2=O)c1. The van der Waals surface area contributed by atoms with Crippen molar-refractivity contribution < 1.29 is 26.6 Å². The van der Waals surface area contributed by atoms with Crippen molar-refractivity contribution >= 4 is 33.4 Å². The third-order valence-corrected chi connectivity index (χ3v) is 4.41. The minimum atomic E-state index is -4.81. The number of hydrogen-bond acceptors (Lipinski definition) is 5. The van der Waals surface area contributed by atoms with E-state index in [1.165, 1.54) is 26.2 Å². The van der Waals surface area contributed by atoms with Crippen LogP contribution in [0.25, 0.3) is 0 Å². The third kappa shape index (κ3) is 3.35. The Kier molecular flexibility index (Phi) is 4.36. The second-order valence-corrected chi connectivity index (χ2v) is 6.49. The number of halogens is 1. The maximum absolute atomic E-state index is 13.1. The first-order valence-corrected chi connectivity index (χ1v) is 7.86. The number of carbonyl (C=O) groups excluding carboxylic acids is 2. The molecule has 0 aromatic heterocycles. The minimum absolute atomic E-state index is 0.269. The van der Waals surface area contributed by atoms with Crippen molar-refractivity contribution in [3.63, 3.8) is 0 Å². The molecule has 1 fully saturated rings. The molecule has 0 spiro atoms. The number of carbonyl (C=O) groups is 2. The van der Waals surface area contributed by atoms with Crippen LogP contribution in [-0.2, 0) is 19.8 Å². The van der Waals surface area contributed by atoms with Gasteiger partial charge in [-0.2, -0.15) is 8.42 Å². The van der Waals surface area contributed by atoms with Crippen LogP contribution >= 0.6 is 0 Å². The zero-order chi connectivity index (χ0) is 16.5. The number of nitrogens with one attached hydrogen (secondary N) is 1. The van der Waals surface area contributed by atoms with Gasteiger partial charge < -0.3 is 15.0 Å². The van der Waals surface area contributed by atoms with Crippen LogP contribution in [0.15, 0.2) is 18.2 Å². The summed E-state index contributed by atoms with van der Waals surface area (Å²) in [6, 6.07) is 4.59. The molecule has 1 heterocycles. The molecule has 1 atom stereocenters. The van der Waals surface area contributed by atoms with Crippen LogP contribution in [0.5, 0.6) is 5.75 Å². The van der Waals surface area contributed by atoms with Crippen molar-refractivity contribution in [1.29, 1.82) is 0 Å². The molecule has 0 radical (unpaired) electrons. The third-order valence-electron chi connectivity index (χ3n) is 3.29. The van der Waals surface area contributed by atoms with Gasteiger partial charge in [0.25, 0.3) is 0 Å². The molecule has 1 N–H and O–H groups in total. The van der Waals surface area contributed by atoms with Crippen LogP contribution in [0.2, 0.25) is 0 Å². The average molecular weight is 330 g/mol. The van der Waals surface area contributed by atoms with Crippen molar-refractivity contribution in [2.75, 3.05) is 23.9 Å². The topological polar surface area (TPSA) is 92.8 Å². The fourth-order valence-electron chi connectivity index (χ4n) is 2.25. The van der Waals surface area contributed by atoms with Crippen LogP contribution in [0.1, 0.15) is 13.3 Å². The van der Waals surface area contributed by atoms with E-state index in [4.69, 9.17) is 4.74 Å². The summed E-state index contributed by atoms with van der Waals surface area (Å²) in [5, 5.41) is 1.14. The molecule has 1 aliphatic rings. The van der Waals surface area contributed by atoms with Gasteiger partial charge in [-0.3, -0.25) is 9.59 Å². The van der Waals surface area contributed by atoms with Crippen LogP contribution in [0, 0.1) is 0 Å². The number of anilines is 2. The van der Waals surface area contributed by atoms with Gasteiger partial charge in [-0.25, -0.2) is 0 Å². The Balaban J connectivity index is 2.42. The standard InChI is InChI=1S/C13H15FN2O5S/c1-8(17)15-11-4-3-9(21-2)5-12(11)16-7-10(6-13(16)18)22(14,19)20/h3-5,10H,6-7H2,1-2H3,(H,15,17). The lowest BCUT2D eigenvalue weighted by molar-refractivity contribution is -0.117. The molecule has 1 aromatic rings. The number of ether oxygens (including phenoxy) is 1. The second kappa shape index (κ2) is 5.91. The van der Waals surface area contributed by atoms with Crippen LogP contribution < -0.4 is 15.0 Å². The lowest BCUT2D eigenvalue weighted by atomic mass is 10.2. The highest BCUT2D eigenvalue weighted by molar-refractivity contribution is 7.87. The highest BCUT2D eigenvalue weighted by atomic mass is 32.3. The Hall–Kier alpha value is -2.16. The Labute approximate surface area is 127 Å². The van der Waals surface area contributed by atoms with Crippen molar-refractivity contribution in [3.8, 4) is 5.75 Å². The maximum atomic E-state index is 13.1. The number of benzene rings is 1. The minimum Gasteiger partial charge on any atom is -0.497 e. The normalized spacial score (nSPS) is 18.4. The molecule has 1 aliphatic heterocycles. The first kappa shape index (κ1) is 16.2. The molecule has 1 unspecified atom stereocenters. The van der Waals surface area contributed by atoms with Gasteiger partial charge in [0.2, 0.25) is 11.8 Å². The summed E-state index contributed by atoms with van der Waals surface area (Å²) in [6.07, 6.45) is -0.435. The van der Waals surface area contributed by atoms with Crippen LogP contribution in [0.4, 0.5) is 15.3 Å². The molecule has 2 rings (SSSR count). The largest absolute Gasteiger partial charge is 0.497 e. The molecule has 0 aliphatic carbocycles. The molecular weight excluding hydrogens is 315 g/mol. The van der Waals surface area contributed by atoms with Gasteiger partial charge in [0, 0.05) is 26.0 Å². The molecule has 1 saturated heterocycles. The van der Waals surface area contributed by atoms with E-state index in [0.29, 0.717) is 11.4 Å². The lowest BCUT2D eigenvalue weighted by Gasteiger charge is -2.21. The van der Waals surface area contributed by atoms with E-state index < -0.39 is 27.8 Å². The molecular formula is C13H15FN2O5S. The fraction of sp³-hybridized carbons (Fsp3) is 0.385. The summed E-state index contributed by atoms with van der Waals surface area (Å²) in [4.78, 5) is 24.4. The number of amides is 2. The monoisotopic (exact) mass is 330 g/mol. The van der Waals surface area contributed by atoms with Gasteiger partial charge in [-0.05, 0) is 12.1 Å². The molecule has 22 heavy (non-hydrogen) atoms. The number of methoxy groups -OCH3 is 1. The Morgan fingerprint density at radius 2 is 2.14 bits per heavy atom. The molecule has 2 amide bonds. The van der Waals surface area contributed by atoms with Gasteiger partial charge in [0.05, 0.1) is 18.5 Å². The highest BCUT2D eigenvalue weighted by Crippen LogP contribution is 2.34. The predicted molar refractivity (Wildman–Crippen MR) is 78.1 cm³/mol. The van der Waals surface area contributed by atoms with Gasteiger partial charge >= 0.3 is 10.2 Å². The van der Waals surface area contributed by atoms with E-state index in [1.54, 1.807) is 6.07 Å². The van der Waals surface area contributed by atoms with Gasteiger partial charge in [0.15, 0.2) is 0 Å². The summed E-state index contributed by atoms with van der Waals surface area (Å²) >= 11 is 0. The zero-order valence-electron chi connectivity index (χ0n) is 12.0. The molecule has 9 heteroatoms. The van der Waals surface area contributed by atoms with Crippen molar-refractivity contribution in [2.24, 2.45) is 0 Å². The summed E-state index contributed by atoms with van der Waals surface area (Å²) in [6.45, 7) is 0.992. The molecule has 7 nitrogen and oxygen atoms in total. The predicted octanol–water partition coefficient (Wildman–Crippen LogP) is 1.06. The smallest absolute Gasteiger partial charge is 0.307 e. The van der Waals surface area contributed by atoms with Crippen LogP contribution in [-0.4, -0.2) is 39.1 Å². The first-order chi connectivity index (χ1) is 10.2. The van der Waals surface area contributed by atoms with Crippen molar-refractivity contribution in [2.45, 2.75) is 18.6 Å². The van der Waals surface area contributed by atoms with E-state index >= 15 is 0 Å². The Morgan fingerprint density at radius 3 is 2.64 bits per heavy atom. The molecule has 0 bridgehead atoms. The number of rotatable bonds is 4. The van der Waals surface area contributed by atoms with Crippen molar-refractivity contribution in [3.05, 3.63) is 18.2 Å². The van der Waals surface area contributed by atoms with Gasteiger partial charge in [0.1, 0.15) is 11.0 Å². The van der Waals surface area contributed by atoms with E-state index in [-0.39, 0.29) is 18.1 Å². The summed E-state index contributed by atoms with van der Waals surface area (Å²) in [7, 11) is -3.38. The van der Waals surface area contributed by atoms with E-state index in [2.05, 4.69) is 5.32 Å². The highest BCUT2D eigenvalue weighted by Gasteiger charge is 2.39. The summed E-state index contributed by atoms with van der Waals surface area (Å²) in [5.74, 6) is -0.470. The lowest BCUT2D eigenvalue weighted by Crippen LogP contribution is -2.28. The van der Waals surface area contributed by atoms with Gasteiger partial charge in [-0.1, -0.05) is 0 Å². The number of nitrogens with zero attached hydrogens (tertiary/aromatic N) is 1. The molecule has 120 valence electrons. The Bertz CT molecular complexity index is 719. The average Bonchev–Trinajstić information content (AvgIpc) is 2.80. The van der Waals surface area contributed by atoms with Crippen LogP contribution in [0.3, 0.4) is 0 Å². The summed E-state index contributed by atoms with van der Waals surface area (Å²) < 4.78 is 40.2. The van der Waals surface area contributed by atoms with Gasteiger partial charge in [-0.15, -0.1) is 3.89 Å². The quantitative estimate of drug-likeness (QED) is 0.833. The molecule has 1 aromatic carbocycles. The second-order valence-electron chi connectivity index (χ2n) is 4.87. The summed E-state index contributed by atoms with van der Waals surface area (Å²) in [5.41, 5.74) is 0.587. The van der Waals surface area contributed by atoms with E-state index in [0.717, 1.165) is 4.90 Å².